The lowest BCUT2D eigenvalue weighted by Crippen LogP contribution is -2.46. The maximum Gasteiger partial charge on any atom is 0.306 e. The van der Waals surface area contributed by atoms with Crippen molar-refractivity contribution in [3.63, 3.8) is 0 Å². The molecular formula is C15H23N3O5. The van der Waals surface area contributed by atoms with Gasteiger partial charge in [0.2, 0.25) is 11.8 Å². The molecule has 23 heavy (non-hydrogen) atoms. The van der Waals surface area contributed by atoms with Crippen molar-refractivity contribution in [3.05, 3.63) is 11.7 Å². The van der Waals surface area contributed by atoms with Crippen molar-refractivity contribution in [3.8, 4) is 0 Å². The van der Waals surface area contributed by atoms with Crippen LogP contribution in [0.5, 0.6) is 0 Å². The molecule has 2 heterocycles. The lowest BCUT2D eigenvalue weighted by atomic mass is 9.96. The topological polar surface area (TPSA) is 106 Å². The number of aliphatic carboxylic acids is 1. The van der Waals surface area contributed by atoms with Crippen LogP contribution in [-0.4, -0.2) is 57.8 Å². The summed E-state index contributed by atoms with van der Waals surface area (Å²) in [6.45, 7) is 7.11. The first-order chi connectivity index (χ1) is 10.8. The van der Waals surface area contributed by atoms with E-state index in [4.69, 9.17) is 14.4 Å². The predicted molar refractivity (Wildman–Crippen MR) is 79.9 cm³/mol. The van der Waals surface area contributed by atoms with Gasteiger partial charge in [-0.1, -0.05) is 25.9 Å². The molecule has 0 saturated carbocycles. The van der Waals surface area contributed by atoms with Gasteiger partial charge in [-0.2, -0.15) is 4.98 Å². The summed E-state index contributed by atoms with van der Waals surface area (Å²) >= 11 is 0. The van der Waals surface area contributed by atoms with E-state index in [1.165, 1.54) is 0 Å². The van der Waals surface area contributed by atoms with Crippen molar-refractivity contribution in [2.75, 3.05) is 19.7 Å². The van der Waals surface area contributed by atoms with Crippen molar-refractivity contribution in [1.82, 2.24) is 15.0 Å². The third-order valence-corrected chi connectivity index (χ3v) is 3.59. The van der Waals surface area contributed by atoms with Gasteiger partial charge in [0, 0.05) is 31.3 Å². The van der Waals surface area contributed by atoms with E-state index in [-0.39, 0.29) is 24.2 Å². The summed E-state index contributed by atoms with van der Waals surface area (Å²) in [6.07, 6.45) is 0.0951. The molecule has 8 heteroatoms. The van der Waals surface area contributed by atoms with Crippen molar-refractivity contribution >= 4 is 11.9 Å². The minimum Gasteiger partial charge on any atom is -0.481 e. The molecule has 2 rings (SSSR count). The van der Waals surface area contributed by atoms with Crippen LogP contribution in [0.4, 0.5) is 0 Å². The minimum absolute atomic E-state index is 0.0563. The summed E-state index contributed by atoms with van der Waals surface area (Å²) < 4.78 is 10.5. The number of ether oxygens (including phenoxy) is 1. The number of aryl methyl sites for hydroxylation is 1. The van der Waals surface area contributed by atoms with Crippen molar-refractivity contribution in [2.24, 2.45) is 0 Å². The summed E-state index contributed by atoms with van der Waals surface area (Å²) in [5.41, 5.74) is -0.194. The first kappa shape index (κ1) is 17.4. The van der Waals surface area contributed by atoms with E-state index < -0.39 is 12.1 Å². The number of carbonyl (C=O) groups excluding carboxylic acids is 1. The molecule has 8 nitrogen and oxygen atoms in total. The zero-order chi connectivity index (χ0) is 17.0. The van der Waals surface area contributed by atoms with Gasteiger partial charge in [-0.05, 0) is 0 Å². The molecule has 0 spiro atoms. The number of morpholine rings is 1. The van der Waals surface area contributed by atoms with Crippen molar-refractivity contribution < 1.29 is 24.0 Å². The lowest BCUT2D eigenvalue weighted by Gasteiger charge is -2.32. The summed E-state index contributed by atoms with van der Waals surface area (Å²) in [4.78, 5) is 28.9. The van der Waals surface area contributed by atoms with Crippen LogP contribution < -0.4 is 0 Å². The monoisotopic (exact) mass is 325 g/mol. The molecule has 1 aliphatic heterocycles. The smallest absolute Gasteiger partial charge is 0.306 e. The molecule has 0 aromatic carbocycles. The molecule has 128 valence electrons. The van der Waals surface area contributed by atoms with Gasteiger partial charge in [0.25, 0.3) is 0 Å². The largest absolute Gasteiger partial charge is 0.481 e. The third-order valence-electron chi connectivity index (χ3n) is 3.59. The van der Waals surface area contributed by atoms with E-state index in [0.717, 1.165) is 0 Å². The van der Waals surface area contributed by atoms with E-state index in [2.05, 4.69) is 10.1 Å². The lowest BCUT2D eigenvalue weighted by molar-refractivity contribution is -0.147. The van der Waals surface area contributed by atoms with Gasteiger partial charge in [0.05, 0.1) is 19.1 Å². The van der Waals surface area contributed by atoms with Gasteiger partial charge in [0.1, 0.15) is 0 Å². The quantitative estimate of drug-likeness (QED) is 0.860. The van der Waals surface area contributed by atoms with E-state index >= 15 is 0 Å². The molecule has 1 aliphatic rings. The standard InChI is InChI=1S/C15H23N3O5/c1-15(2,3)14-16-11(23-17-14)4-5-12(19)18-6-7-22-10(9-18)8-13(20)21/h10H,4-9H2,1-3H3,(H,20,21). The highest BCUT2D eigenvalue weighted by atomic mass is 16.5. The molecule has 1 aromatic rings. The van der Waals surface area contributed by atoms with E-state index in [1.807, 2.05) is 20.8 Å². The van der Waals surface area contributed by atoms with Crippen molar-refractivity contribution in [2.45, 2.75) is 51.6 Å². The van der Waals surface area contributed by atoms with E-state index in [9.17, 15) is 9.59 Å². The predicted octanol–water partition coefficient (Wildman–Crippen LogP) is 1.00. The average Bonchev–Trinajstić information content (AvgIpc) is 2.93. The summed E-state index contributed by atoms with van der Waals surface area (Å²) in [7, 11) is 0. The molecule has 1 atom stereocenters. The molecule has 1 fully saturated rings. The number of carbonyl (C=O) groups is 2. The fraction of sp³-hybridized carbons (Fsp3) is 0.733. The van der Waals surface area contributed by atoms with Gasteiger partial charge in [-0.25, -0.2) is 0 Å². The maximum absolute atomic E-state index is 12.2. The number of amides is 1. The molecule has 0 bridgehead atoms. The van der Waals surface area contributed by atoms with Crippen LogP contribution in [0.1, 0.15) is 45.3 Å². The Bertz CT molecular complexity index is 564. The Morgan fingerprint density at radius 1 is 1.39 bits per heavy atom. The first-order valence-electron chi connectivity index (χ1n) is 7.70. The van der Waals surface area contributed by atoms with Crippen molar-refractivity contribution in [1.29, 1.82) is 0 Å². The molecule has 0 radical (unpaired) electrons. The summed E-state index contributed by atoms with van der Waals surface area (Å²) in [5, 5.41) is 12.7. The third kappa shape index (κ3) is 5.02. The number of nitrogens with zero attached hydrogens (tertiary/aromatic N) is 3. The van der Waals surface area contributed by atoms with E-state index in [0.29, 0.717) is 37.8 Å². The van der Waals surface area contributed by atoms with Crippen LogP contribution in [0.25, 0.3) is 0 Å². The van der Waals surface area contributed by atoms with Gasteiger partial charge >= 0.3 is 5.97 Å². The maximum atomic E-state index is 12.2. The molecule has 1 N–H and O–H groups in total. The summed E-state index contributed by atoms with van der Waals surface area (Å²) in [6, 6.07) is 0. The normalized spacial score (nSPS) is 18.9. The second-order valence-electron chi connectivity index (χ2n) is 6.69. The fourth-order valence-electron chi connectivity index (χ4n) is 2.30. The minimum atomic E-state index is -0.926. The molecule has 1 unspecified atom stereocenters. The number of carboxylic acid groups (broad SMARTS) is 1. The number of hydrogen-bond acceptors (Lipinski definition) is 6. The number of hydrogen-bond donors (Lipinski definition) is 1. The zero-order valence-corrected chi connectivity index (χ0v) is 13.7. The SMILES string of the molecule is CC(C)(C)c1noc(CCC(=O)N2CCOC(CC(=O)O)C2)n1. The Morgan fingerprint density at radius 3 is 2.74 bits per heavy atom. The Morgan fingerprint density at radius 2 is 2.13 bits per heavy atom. The molecule has 1 saturated heterocycles. The molecule has 0 aliphatic carbocycles. The van der Waals surface area contributed by atoms with Gasteiger partial charge in [-0.15, -0.1) is 0 Å². The van der Waals surface area contributed by atoms with Crippen LogP contribution >= 0.6 is 0 Å². The Hall–Kier alpha value is -1.96. The highest BCUT2D eigenvalue weighted by Crippen LogP contribution is 2.19. The number of aromatic nitrogens is 2. The van der Waals surface area contributed by atoms with Crippen LogP contribution in [0.2, 0.25) is 0 Å². The van der Waals surface area contributed by atoms with Crippen LogP contribution in [-0.2, 0) is 26.2 Å². The molecule has 1 aromatic heterocycles. The first-order valence-corrected chi connectivity index (χ1v) is 7.70. The Labute approximate surface area is 134 Å². The van der Waals surface area contributed by atoms with Gasteiger partial charge < -0.3 is 19.3 Å². The summed E-state index contributed by atoms with van der Waals surface area (Å²) in [5.74, 6) is 0.0792. The second kappa shape index (κ2) is 7.08. The van der Waals surface area contributed by atoms with Crippen LogP contribution in [0.3, 0.4) is 0 Å². The van der Waals surface area contributed by atoms with E-state index in [1.54, 1.807) is 4.90 Å². The van der Waals surface area contributed by atoms with Crippen LogP contribution in [0, 0.1) is 0 Å². The van der Waals surface area contributed by atoms with Gasteiger partial charge in [0.15, 0.2) is 5.82 Å². The van der Waals surface area contributed by atoms with Gasteiger partial charge in [-0.3, -0.25) is 9.59 Å². The average molecular weight is 325 g/mol. The molecular weight excluding hydrogens is 302 g/mol. The highest BCUT2D eigenvalue weighted by Gasteiger charge is 2.26. The second-order valence-corrected chi connectivity index (χ2v) is 6.69. The number of carboxylic acids is 1. The fourth-order valence-corrected chi connectivity index (χ4v) is 2.30. The number of rotatable bonds is 5. The zero-order valence-electron chi connectivity index (χ0n) is 13.7. The highest BCUT2D eigenvalue weighted by molar-refractivity contribution is 5.76. The Kier molecular flexibility index (Phi) is 5.35. The van der Waals surface area contributed by atoms with Crippen LogP contribution in [0.15, 0.2) is 4.52 Å². The molecule has 1 amide bonds. The Balaban J connectivity index is 1.84.